The lowest BCUT2D eigenvalue weighted by molar-refractivity contribution is -0.137. The second-order valence-corrected chi connectivity index (χ2v) is 7.08. The van der Waals surface area contributed by atoms with Gasteiger partial charge in [0.05, 0.1) is 0 Å². The summed E-state index contributed by atoms with van der Waals surface area (Å²) in [5.41, 5.74) is 1.54. The number of hydrogen-bond donors (Lipinski definition) is 2. The van der Waals surface area contributed by atoms with Gasteiger partial charge in [0.2, 0.25) is 0 Å². The average Bonchev–Trinajstić information content (AvgIpc) is 2.62. The predicted octanol–water partition coefficient (Wildman–Crippen LogP) is 4.75. The average molecular weight is 363 g/mol. The summed E-state index contributed by atoms with van der Waals surface area (Å²) in [4.78, 5) is 26.9. The van der Waals surface area contributed by atoms with Gasteiger partial charge in [-0.05, 0) is 37.8 Å². The van der Waals surface area contributed by atoms with Crippen molar-refractivity contribution < 1.29 is 14.7 Å². The molecule has 1 heterocycles. The minimum atomic E-state index is -0.852. The Hall–Kier alpha value is -1.91. The molecule has 0 aliphatic heterocycles. The third-order valence-electron chi connectivity index (χ3n) is 4.55. The van der Waals surface area contributed by atoms with Gasteiger partial charge in [0, 0.05) is 18.7 Å². The van der Waals surface area contributed by atoms with Crippen molar-refractivity contribution >= 4 is 11.9 Å². The zero-order valence-corrected chi connectivity index (χ0v) is 16.3. The highest BCUT2D eigenvalue weighted by Crippen LogP contribution is 2.11. The number of pyridine rings is 1. The molecule has 0 bridgehead atoms. The van der Waals surface area contributed by atoms with Crippen molar-refractivity contribution in [2.75, 3.05) is 0 Å². The normalized spacial score (nSPS) is 11.9. The Labute approximate surface area is 157 Å². The van der Waals surface area contributed by atoms with E-state index in [0.29, 0.717) is 12.1 Å². The molecule has 5 heteroatoms. The van der Waals surface area contributed by atoms with Crippen molar-refractivity contribution in [2.45, 2.75) is 90.5 Å². The maximum Gasteiger partial charge on any atom is 0.303 e. The van der Waals surface area contributed by atoms with Gasteiger partial charge in [-0.2, -0.15) is 0 Å². The molecule has 1 aromatic rings. The first-order valence-electron chi connectivity index (χ1n) is 10.0. The second-order valence-electron chi connectivity index (χ2n) is 7.08. The molecule has 2 N–H and O–H groups in total. The molecule has 0 spiro atoms. The Morgan fingerprint density at radius 1 is 1.08 bits per heavy atom. The number of carbonyl (C=O) groups is 2. The number of carbonyl (C=O) groups excluding carboxylic acids is 1. The monoisotopic (exact) mass is 362 g/mol. The molecule has 146 valence electrons. The molecule has 0 radical (unpaired) electrons. The number of hydrogen-bond acceptors (Lipinski definition) is 3. The van der Waals surface area contributed by atoms with Crippen molar-refractivity contribution in [1.82, 2.24) is 10.3 Å². The van der Waals surface area contributed by atoms with E-state index in [1.54, 1.807) is 19.2 Å². The Kier molecular flexibility index (Phi) is 11.3. The number of rotatable bonds is 14. The highest BCUT2D eigenvalue weighted by molar-refractivity contribution is 5.92. The minimum absolute atomic E-state index is 0.0480. The molecule has 1 aromatic heterocycles. The molecule has 26 heavy (non-hydrogen) atoms. The van der Waals surface area contributed by atoms with Gasteiger partial charge in [-0.15, -0.1) is 0 Å². The quantitative estimate of drug-likeness (QED) is 0.468. The van der Waals surface area contributed by atoms with Crippen LogP contribution in [0.25, 0.3) is 0 Å². The molecule has 1 unspecified atom stereocenters. The minimum Gasteiger partial charge on any atom is -0.481 e. The summed E-state index contributed by atoms with van der Waals surface area (Å²) >= 11 is 0. The number of aliphatic carboxylic acids is 1. The molecular weight excluding hydrogens is 328 g/mol. The zero-order chi connectivity index (χ0) is 19.2. The lowest BCUT2D eigenvalue weighted by Gasteiger charge is -2.12. The molecule has 1 rings (SSSR count). The van der Waals surface area contributed by atoms with Crippen LogP contribution in [0.4, 0.5) is 0 Å². The number of carboxylic acid groups (broad SMARTS) is 1. The van der Waals surface area contributed by atoms with Crippen LogP contribution in [0.2, 0.25) is 0 Å². The third-order valence-corrected chi connectivity index (χ3v) is 4.55. The summed E-state index contributed by atoms with van der Waals surface area (Å²) in [5.74, 6) is -1.10. The van der Waals surface area contributed by atoms with Crippen LogP contribution in [0.3, 0.4) is 0 Å². The standard InChI is InChI=1S/C21H34N2O3/c1-3-4-5-6-7-8-9-10-11-18-13-14-19(22-16-18)21(26)23-17(2)12-15-20(24)25/h13-14,16-17H,3-12,15H2,1-2H3,(H,23,26)(H,24,25). The van der Waals surface area contributed by atoms with Crippen LogP contribution >= 0.6 is 0 Å². The fourth-order valence-electron chi connectivity index (χ4n) is 2.88. The van der Waals surface area contributed by atoms with Gasteiger partial charge in [0.1, 0.15) is 5.69 Å². The molecule has 1 atom stereocenters. The number of amides is 1. The summed E-state index contributed by atoms with van der Waals surface area (Å²) in [6.07, 6.45) is 13.6. The predicted molar refractivity (Wildman–Crippen MR) is 104 cm³/mol. The molecule has 0 aliphatic rings. The lowest BCUT2D eigenvalue weighted by atomic mass is 10.0. The van der Waals surface area contributed by atoms with Gasteiger partial charge in [0.15, 0.2) is 0 Å². The summed E-state index contributed by atoms with van der Waals surface area (Å²) < 4.78 is 0. The summed E-state index contributed by atoms with van der Waals surface area (Å²) in [5, 5.41) is 11.5. The Bertz CT molecular complexity index is 529. The first-order valence-corrected chi connectivity index (χ1v) is 10.0. The molecular formula is C21H34N2O3. The summed E-state index contributed by atoms with van der Waals surface area (Å²) in [7, 11) is 0. The maximum absolute atomic E-state index is 12.1. The number of nitrogens with one attached hydrogen (secondary N) is 1. The third kappa shape index (κ3) is 10.2. The van der Waals surface area contributed by atoms with Gasteiger partial charge in [-0.1, -0.05) is 57.9 Å². The van der Waals surface area contributed by atoms with Crippen molar-refractivity contribution in [3.05, 3.63) is 29.6 Å². The second kappa shape index (κ2) is 13.3. The van der Waals surface area contributed by atoms with E-state index in [2.05, 4.69) is 17.2 Å². The Morgan fingerprint density at radius 2 is 1.73 bits per heavy atom. The van der Waals surface area contributed by atoms with E-state index in [4.69, 9.17) is 5.11 Å². The number of aromatic nitrogens is 1. The van der Waals surface area contributed by atoms with Gasteiger partial charge < -0.3 is 10.4 Å². The fraction of sp³-hybridized carbons (Fsp3) is 0.667. The number of nitrogens with zero attached hydrogens (tertiary/aromatic N) is 1. The topological polar surface area (TPSA) is 79.3 Å². The van der Waals surface area contributed by atoms with E-state index in [-0.39, 0.29) is 18.4 Å². The molecule has 0 saturated carbocycles. The summed E-state index contributed by atoms with van der Waals surface area (Å²) in [6, 6.07) is 3.53. The van der Waals surface area contributed by atoms with E-state index in [1.165, 1.54) is 44.9 Å². The summed E-state index contributed by atoms with van der Waals surface area (Å²) in [6.45, 7) is 4.04. The van der Waals surface area contributed by atoms with Crippen molar-refractivity contribution in [1.29, 1.82) is 0 Å². The van der Waals surface area contributed by atoms with Crippen LogP contribution < -0.4 is 5.32 Å². The van der Waals surface area contributed by atoms with E-state index in [1.807, 2.05) is 6.07 Å². The molecule has 0 aromatic carbocycles. The largest absolute Gasteiger partial charge is 0.481 e. The van der Waals surface area contributed by atoms with E-state index in [9.17, 15) is 9.59 Å². The maximum atomic E-state index is 12.1. The fourth-order valence-corrected chi connectivity index (χ4v) is 2.88. The number of unbranched alkanes of at least 4 members (excludes halogenated alkanes) is 7. The molecule has 1 amide bonds. The van der Waals surface area contributed by atoms with Gasteiger partial charge in [-0.25, -0.2) is 0 Å². The van der Waals surface area contributed by atoms with Crippen molar-refractivity contribution in [3.8, 4) is 0 Å². The Balaban J connectivity index is 2.23. The highest BCUT2D eigenvalue weighted by atomic mass is 16.4. The van der Waals surface area contributed by atoms with Crippen LogP contribution in [0.5, 0.6) is 0 Å². The van der Waals surface area contributed by atoms with Crippen LogP contribution in [-0.2, 0) is 11.2 Å². The van der Waals surface area contributed by atoms with Gasteiger partial charge in [0.25, 0.3) is 5.91 Å². The molecule has 5 nitrogen and oxygen atoms in total. The zero-order valence-electron chi connectivity index (χ0n) is 16.3. The van der Waals surface area contributed by atoms with E-state index < -0.39 is 5.97 Å². The highest BCUT2D eigenvalue weighted by Gasteiger charge is 2.12. The van der Waals surface area contributed by atoms with Crippen LogP contribution in [-0.4, -0.2) is 28.0 Å². The molecule has 0 aliphatic carbocycles. The van der Waals surface area contributed by atoms with Crippen molar-refractivity contribution in [2.24, 2.45) is 0 Å². The van der Waals surface area contributed by atoms with Crippen LogP contribution in [0, 0.1) is 0 Å². The number of aryl methyl sites for hydroxylation is 1. The van der Waals surface area contributed by atoms with Gasteiger partial charge in [-0.3, -0.25) is 14.6 Å². The molecule has 0 saturated heterocycles. The first-order chi connectivity index (χ1) is 12.5. The van der Waals surface area contributed by atoms with Crippen LogP contribution in [0.15, 0.2) is 18.3 Å². The SMILES string of the molecule is CCCCCCCCCCc1ccc(C(=O)NC(C)CCC(=O)O)nc1. The lowest BCUT2D eigenvalue weighted by Crippen LogP contribution is -2.33. The first kappa shape index (κ1) is 22.1. The number of carboxylic acids is 1. The van der Waals surface area contributed by atoms with Crippen LogP contribution in [0.1, 0.15) is 94.1 Å². The van der Waals surface area contributed by atoms with E-state index >= 15 is 0 Å². The van der Waals surface area contributed by atoms with E-state index in [0.717, 1.165) is 18.4 Å². The molecule has 0 fully saturated rings. The smallest absolute Gasteiger partial charge is 0.303 e. The Morgan fingerprint density at radius 3 is 2.31 bits per heavy atom. The van der Waals surface area contributed by atoms with Crippen molar-refractivity contribution in [3.63, 3.8) is 0 Å². The van der Waals surface area contributed by atoms with Gasteiger partial charge >= 0.3 is 5.97 Å².